The predicted octanol–water partition coefficient (Wildman–Crippen LogP) is 3.87. The largest absolute Gasteiger partial charge is 0.389 e. The van der Waals surface area contributed by atoms with Crippen molar-refractivity contribution in [1.29, 1.82) is 5.26 Å². The van der Waals surface area contributed by atoms with Gasteiger partial charge < -0.3 is 5.73 Å². The van der Waals surface area contributed by atoms with Crippen LogP contribution in [0.25, 0.3) is 23.0 Å². The quantitative estimate of drug-likeness (QED) is 0.441. The number of rotatable bonds is 4. The van der Waals surface area contributed by atoms with Crippen LogP contribution in [0.5, 0.6) is 0 Å². The Kier molecular flexibility index (Phi) is 4.68. The second-order valence-electron chi connectivity index (χ2n) is 5.25. The summed E-state index contributed by atoms with van der Waals surface area (Å²) in [5.74, 6) is -0.329. The normalized spacial score (nSPS) is 11.1. The smallest absolute Gasteiger partial charge is 0.123 e. The lowest BCUT2D eigenvalue weighted by Crippen LogP contribution is -2.09. The standard InChI is InChI=1S/C19H13FN4S/c20-16-8-6-13(7-9-16)18-15(10-14(11-21)19(22)25)12-24(23-18)17-4-2-1-3-5-17/h1-10,12H,(H2,22,25)/b14-10+. The fraction of sp³-hybridized carbons (Fsp3) is 0. The predicted molar refractivity (Wildman–Crippen MR) is 99.3 cm³/mol. The van der Waals surface area contributed by atoms with Crippen LogP contribution < -0.4 is 5.73 Å². The Bertz CT molecular complexity index is 983. The molecule has 0 aliphatic carbocycles. The second-order valence-corrected chi connectivity index (χ2v) is 5.69. The minimum atomic E-state index is -0.329. The van der Waals surface area contributed by atoms with Gasteiger partial charge in [0.1, 0.15) is 16.9 Å². The molecule has 0 aliphatic rings. The Labute approximate surface area is 149 Å². The summed E-state index contributed by atoms with van der Waals surface area (Å²) in [6.07, 6.45) is 3.37. The lowest BCUT2D eigenvalue weighted by molar-refractivity contribution is 0.628. The summed E-state index contributed by atoms with van der Waals surface area (Å²) in [5, 5.41) is 13.8. The number of thiocarbonyl (C=S) groups is 1. The fourth-order valence-corrected chi connectivity index (χ4v) is 2.46. The average molecular weight is 348 g/mol. The van der Waals surface area contributed by atoms with Crippen molar-refractivity contribution in [2.24, 2.45) is 5.73 Å². The van der Waals surface area contributed by atoms with E-state index in [0.29, 0.717) is 11.3 Å². The van der Waals surface area contributed by atoms with Crippen molar-refractivity contribution in [3.63, 3.8) is 0 Å². The highest BCUT2D eigenvalue weighted by molar-refractivity contribution is 7.80. The van der Waals surface area contributed by atoms with Crippen molar-refractivity contribution >= 4 is 23.3 Å². The van der Waals surface area contributed by atoms with Crippen LogP contribution in [-0.2, 0) is 0 Å². The van der Waals surface area contributed by atoms with E-state index in [2.05, 4.69) is 5.10 Å². The number of nitriles is 1. The summed E-state index contributed by atoms with van der Waals surface area (Å²) >= 11 is 4.90. The van der Waals surface area contributed by atoms with E-state index in [1.807, 2.05) is 36.4 Å². The van der Waals surface area contributed by atoms with Gasteiger partial charge in [0, 0.05) is 17.3 Å². The molecule has 0 bridgehead atoms. The van der Waals surface area contributed by atoms with E-state index in [9.17, 15) is 9.65 Å². The van der Waals surface area contributed by atoms with Crippen LogP contribution in [0.1, 0.15) is 5.56 Å². The van der Waals surface area contributed by atoms with Gasteiger partial charge in [-0.25, -0.2) is 9.07 Å². The first-order valence-electron chi connectivity index (χ1n) is 7.41. The van der Waals surface area contributed by atoms with E-state index >= 15 is 0 Å². The number of para-hydroxylation sites is 1. The Morgan fingerprint density at radius 1 is 1.16 bits per heavy atom. The second kappa shape index (κ2) is 7.07. The maximum atomic E-state index is 13.2. The molecule has 0 radical (unpaired) electrons. The molecule has 2 N–H and O–H groups in total. The maximum Gasteiger partial charge on any atom is 0.123 e. The van der Waals surface area contributed by atoms with Crippen LogP contribution in [0.3, 0.4) is 0 Å². The molecule has 0 saturated carbocycles. The van der Waals surface area contributed by atoms with Gasteiger partial charge in [-0.05, 0) is 42.5 Å². The van der Waals surface area contributed by atoms with Gasteiger partial charge in [-0.15, -0.1) is 0 Å². The third-order valence-corrected chi connectivity index (χ3v) is 3.79. The summed E-state index contributed by atoms with van der Waals surface area (Å²) < 4.78 is 14.9. The SMILES string of the molecule is N#C/C(=C\c1cn(-c2ccccc2)nc1-c1ccc(F)cc1)C(N)=S. The van der Waals surface area contributed by atoms with E-state index in [1.54, 1.807) is 29.1 Å². The van der Waals surface area contributed by atoms with Gasteiger partial charge in [0.15, 0.2) is 0 Å². The lowest BCUT2D eigenvalue weighted by atomic mass is 10.1. The van der Waals surface area contributed by atoms with E-state index in [-0.39, 0.29) is 16.4 Å². The molecule has 1 aromatic heterocycles. The van der Waals surface area contributed by atoms with Crippen LogP contribution in [0.15, 0.2) is 66.4 Å². The third kappa shape index (κ3) is 3.62. The van der Waals surface area contributed by atoms with Crippen LogP contribution in [0.4, 0.5) is 4.39 Å². The lowest BCUT2D eigenvalue weighted by Gasteiger charge is -2.00. The first-order valence-corrected chi connectivity index (χ1v) is 7.82. The summed E-state index contributed by atoms with van der Waals surface area (Å²) in [5.41, 5.74) is 8.63. The molecule has 0 atom stereocenters. The molecular formula is C19H13FN4S. The molecule has 6 heteroatoms. The van der Waals surface area contributed by atoms with Gasteiger partial charge in [-0.2, -0.15) is 10.4 Å². The van der Waals surface area contributed by atoms with Crippen LogP contribution >= 0.6 is 12.2 Å². The van der Waals surface area contributed by atoms with E-state index < -0.39 is 0 Å². The molecule has 0 unspecified atom stereocenters. The van der Waals surface area contributed by atoms with Gasteiger partial charge in [-0.3, -0.25) is 0 Å². The Balaban J connectivity index is 2.18. The van der Waals surface area contributed by atoms with Crippen molar-refractivity contribution in [1.82, 2.24) is 9.78 Å². The number of benzene rings is 2. The van der Waals surface area contributed by atoms with Crippen LogP contribution in [0, 0.1) is 17.1 Å². The van der Waals surface area contributed by atoms with E-state index in [4.69, 9.17) is 18.0 Å². The summed E-state index contributed by atoms with van der Waals surface area (Å²) in [6.45, 7) is 0. The maximum absolute atomic E-state index is 13.2. The van der Waals surface area contributed by atoms with Gasteiger partial charge in [0.2, 0.25) is 0 Å². The number of hydrogen-bond acceptors (Lipinski definition) is 3. The number of hydrogen-bond donors (Lipinski definition) is 1. The molecule has 3 rings (SSSR count). The van der Waals surface area contributed by atoms with Crippen molar-refractivity contribution in [3.05, 3.63) is 77.7 Å². The van der Waals surface area contributed by atoms with Crippen molar-refractivity contribution in [3.8, 4) is 23.0 Å². The summed E-state index contributed by atoms with van der Waals surface area (Å²) in [4.78, 5) is 0.0139. The van der Waals surface area contributed by atoms with Gasteiger partial charge in [0.05, 0.1) is 17.0 Å². The monoisotopic (exact) mass is 348 g/mol. The van der Waals surface area contributed by atoms with Gasteiger partial charge >= 0.3 is 0 Å². The summed E-state index contributed by atoms with van der Waals surface area (Å²) in [6, 6.07) is 17.5. The first kappa shape index (κ1) is 16.6. The minimum absolute atomic E-state index is 0.0139. The molecule has 25 heavy (non-hydrogen) atoms. The Morgan fingerprint density at radius 3 is 2.44 bits per heavy atom. The first-order chi connectivity index (χ1) is 12.1. The molecule has 1 heterocycles. The topological polar surface area (TPSA) is 67.6 Å². The third-order valence-electron chi connectivity index (χ3n) is 3.57. The molecule has 2 aromatic carbocycles. The minimum Gasteiger partial charge on any atom is -0.389 e. The number of aromatic nitrogens is 2. The number of nitrogens with two attached hydrogens (primary N) is 1. The van der Waals surface area contributed by atoms with Crippen LogP contribution in [0.2, 0.25) is 0 Å². The molecule has 122 valence electrons. The zero-order valence-electron chi connectivity index (χ0n) is 13.1. The highest BCUT2D eigenvalue weighted by Crippen LogP contribution is 2.26. The number of halogens is 1. The zero-order chi connectivity index (χ0) is 17.8. The molecule has 0 fully saturated rings. The molecule has 3 aromatic rings. The van der Waals surface area contributed by atoms with Crippen LogP contribution in [-0.4, -0.2) is 14.8 Å². The average Bonchev–Trinajstić information content (AvgIpc) is 3.04. The van der Waals surface area contributed by atoms with Crippen molar-refractivity contribution in [2.75, 3.05) is 0 Å². The van der Waals surface area contributed by atoms with Crippen molar-refractivity contribution < 1.29 is 4.39 Å². The summed E-state index contributed by atoms with van der Waals surface area (Å²) in [7, 11) is 0. The molecule has 0 amide bonds. The van der Waals surface area contributed by atoms with Gasteiger partial charge in [-0.1, -0.05) is 30.4 Å². The van der Waals surface area contributed by atoms with Gasteiger partial charge in [0.25, 0.3) is 0 Å². The molecule has 0 saturated heterocycles. The van der Waals surface area contributed by atoms with E-state index in [1.165, 1.54) is 12.1 Å². The molecule has 4 nitrogen and oxygen atoms in total. The van der Waals surface area contributed by atoms with Crippen molar-refractivity contribution in [2.45, 2.75) is 0 Å². The molecule has 0 spiro atoms. The number of nitrogens with zero attached hydrogens (tertiary/aromatic N) is 3. The van der Waals surface area contributed by atoms with E-state index in [0.717, 1.165) is 11.3 Å². The zero-order valence-corrected chi connectivity index (χ0v) is 13.9. The molecular weight excluding hydrogens is 335 g/mol. The fourth-order valence-electron chi connectivity index (χ4n) is 2.35. The molecule has 0 aliphatic heterocycles. The Hall–Kier alpha value is -3.30. The highest BCUT2D eigenvalue weighted by Gasteiger charge is 2.12. The Morgan fingerprint density at radius 2 is 1.84 bits per heavy atom. The highest BCUT2D eigenvalue weighted by atomic mass is 32.1.